The predicted octanol–water partition coefficient (Wildman–Crippen LogP) is 4.04. The lowest BCUT2D eigenvalue weighted by molar-refractivity contribution is 0.242. The van der Waals surface area contributed by atoms with Crippen LogP contribution in [0.25, 0.3) is 0 Å². The Balaban J connectivity index is 1.58. The van der Waals surface area contributed by atoms with Crippen LogP contribution in [0.4, 0.5) is 5.82 Å². The van der Waals surface area contributed by atoms with Crippen molar-refractivity contribution in [2.45, 2.75) is 39.3 Å². The van der Waals surface area contributed by atoms with E-state index >= 15 is 0 Å². The number of aliphatic imine (C=N–C) groups is 1. The molecule has 1 aliphatic heterocycles. The number of aromatic nitrogens is 1. The fourth-order valence-electron chi connectivity index (χ4n) is 3.00. The molecule has 4 rings (SSSR count). The summed E-state index contributed by atoms with van der Waals surface area (Å²) in [7, 11) is 0. The van der Waals surface area contributed by atoms with E-state index in [2.05, 4.69) is 28.5 Å². The van der Waals surface area contributed by atoms with Gasteiger partial charge in [0.15, 0.2) is 0 Å². The van der Waals surface area contributed by atoms with Crippen LogP contribution in [0.2, 0.25) is 0 Å². The minimum absolute atomic E-state index is 0.170. The van der Waals surface area contributed by atoms with Gasteiger partial charge in [-0.1, -0.05) is 6.07 Å². The zero-order chi connectivity index (χ0) is 16.5. The maximum Gasteiger partial charge on any atom is 0.126 e. The minimum atomic E-state index is 0.170. The van der Waals surface area contributed by atoms with Gasteiger partial charge in [0.2, 0.25) is 0 Å². The standard InChI is InChI=1S/C20H23N3O/c1-13(2)24-17-6-5-16-12-23-20(18(16)10-17)15-7-8-21-19(9-15)22-11-14-3-4-14/h5-10,13-14H,3-4,11-12H2,1-2H3,(H,21,22). The molecule has 0 bridgehead atoms. The molecule has 4 nitrogen and oxygen atoms in total. The Kier molecular flexibility index (Phi) is 3.97. The lowest BCUT2D eigenvalue weighted by Gasteiger charge is -2.12. The van der Waals surface area contributed by atoms with Crippen molar-refractivity contribution in [2.24, 2.45) is 10.9 Å². The van der Waals surface area contributed by atoms with Crippen LogP contribution >= 0.6 is 0 Å². The molecular weight excluding hydrogens is 298 g/mol. The highest BCUT2D eigenvalue weighted by Crippen LogP contribution is 2.30. The number of nitrogens with one attached hydrogen (secondary N) is 1. The molecule has 0 spiro atoms. The second-order valence-corrected chi connectivity index (χ2v) is 6.90. The number of rotatable bonds is 6. The highest BCUT2D eigenvalue weighted by atomic mass is 16.5. The average Bonchev–Trinajstić information content (AvgIpc) is 3.31. The molecule has 1 saturated carbocycles. The summed E-state index contributed by atoms with van der Waals surface area (Å²) < 4.78 is 5.84. The van der Waals surface area contributed by atoms with Gasteiger partial charge in [0.1, 0.15) is 11.6 Å². The van der Waals surface area contributed by atoms with E-state index in [-0.39, 0.29) is 6.10 Å². The van der Waals surface area contributed by atoms with E-state index in [1.165, 1.54) is 24.0 Å². The van der Waals surface area contributed by atoms with E-state index in [4.69, 9.17) is 9.73 Å². The SMILES string of the molecule is CC(C)Oc1ccc2c(c1)C(c1ccnc(NCC3CC3)c1)=NC2. The van der Waals surface area contributed by atoms with Crippen molar-refractivity contribution in [1.82, 2.24) is 4.98 Å². The lowest BCUT2D eigenvalue weighted by Crippen LogP contribution is -2.08. The summed E-state index contributed by atoms with van der Waals surface area (Å²) in [6.45, 7) is 5.84. The van der Waals surface area contributed by atoms with Crippen LogP contribution in [0.5, 0.6) is 5.75 Å². The van der Waals surface area contributed by atoms with E-state index in [9.17, 15) is 0 Å². The zero-order valence-electron chi connectivity index (χ0n) is 14.2. The highest BCUT2D eigenvalue weighted by Gasteiger charge is 2.22. The summed E-state index contributed by atoms with van der Waals surface area (Å²) in [6, 6.07) is 10.4. The van der Waals surface area contributed by atoms with E-state index in [1.54, 1.807) is 0 Å². The Morgan fingerprint density at radius 3 is 2.88 bits per heavy atom. The lowest BCUT2D eigenvalue weighted by atomic mass is 10.0. The first-order valence-electron chi connectivity index (χ1n) is 8.74. The number of hydrogen-bond acceptors (Lipinski definition) is 4. The van der Waals surface area contributed by atoms with Gasteiger partial charge in [-0.15, -0.1) is 0 Å². The Morgan fingerprint density at radius 2 is 2.08 bits per heavy atom. The van der Waals surface area contributed by atoms with Crippen LogP contribution < -0.4 is 10.1 Å². The van der Waals surface area contributed by atoms with Crippen LogP contribution in [-0.4, -0.2) is 23.3 Å². The van der Waals surface area contributed by atoms with E-state index in [0.717, 1.165) is 41.8 Å². The maximum atomic E-state index is 5.84. The first kappa shape index (κ1) is 15.2. The molecule has 124 valence electrons. The van der Waals surface area contributed by atoms with Crippen molar-refractivity contribution >= 4 is 11.5 Å². The molecule has 4 heteroatoms. The normalized spacial score (nSPS) is 16.0. The molecule has 1 aliphatic carbocycles. The van der Waals surface area contributed by atoms with Crippen LogP contribution in [0.1, 0.15) is 43.4 Å². The maximum absolute atomic E-state index is 5.84. The van der Waals surface area contributed by atoms with Gasteiger partial charge in [0.05, 0.1) is 18.4 Å². The van der Waals surface area contributed by atoms with Crippen molar-refractivity contribution in [2.75, 3.05) is 11.9 Å². The predicted molar refractivity (Wildman–Crippen MR) is 97.0 cm³/mol. The molecular formula is C20H23N3O. The largest absolute Gasteiger partial charge is 0.491 e. The fraction of sp³-hybridized carbons (Fsp3) is 0.400. The molecule has 0 unspecified atom stereocenters. The molecule has 24 heavy (non-hydrogen) atoms. The van der Waals surface area contributed by atoms with Gasteiger partial charge in [0.25, 0.3) is 0 Å². The second kappa shape index (κ2) is 6.27. The third-order valence-electron chi connectivity index (χ3n) is 4.42. The number of ether oxygens (including phenoxy) is 1. The number of pyridine rings is 1. The molecule has 1 aromatic heterocycles. The Labute approximate surface area is 143 Å². The molecule has 1 fully saturated rings. The molecule has 0 amide bonds. The van der Waals surface area contributed by atoms with Crippen molar-refractivity contribution in [3.63, 3.8) is 0 Å². The molecule has 0 radical (unpaired) electrons. The highest BCUT2D eigenvalue weighted by molar-refractivity contribution is 6.15. The van der Waals surface area contributed by atoms with Crippen molar-refractivity contribution in [3.05, 3.63) is 53.2 Å². The molecule has 1 N–H and O–H groups in total. The first-order chi connectivity index (χ1) is 11.7. The van der Waals surface area contributed by atoms with Gasteiger partial charge in [-0.25, -0.2) is 4.98 Å². The third kappa shape index (κ3) is 3.28. The van der Waals surface area contributed by atoms with E-state index in [1.807, 2.05) is 32.2 Å². The van der Waals surface area contributed by atoms with E-state index < -0.39 is 0 Å². The fourth-order valence-corrected chi connectivity index (χ4v) is 3.00. The third-order valence-corrected chi connectivity index (χ3v) is 4.42. The number of fused-ring (bicyclic) bond motifs is 1. The number of benzene rings is 1. The minimum Gasteiger partial charge on any atom is -0.491 e. The Morgan fingerprint density at radius 1 is 1.21 bits per heavy atom. The Hall–Kier alpha value is -2.36. The molecule has 2 heterocycles. The molecule has 2 aromatic rings. The Bertz CT molecular complexity index is 778. The van der Waals surface area contributed by atoms with Crippen molar-refractivity contribution in [1.29, 1.82) is 0 Å². The van der Waals surface area contributed by atoms with Crippen LogP contribution in [0.15, 0.2) is 41.5 Å². The number of anilines is 1. The average molecular weight is 321 g/mol. The van der Waals surface area contributed by atoms with Gasteiger partial charge in [0, 0.05) is 23.9 Å². The van der Waals surface area contributed by atoms with Gasteiger partial charge < -0.3 is 10.1 Å². The van der Waals surface area contributed by atoms with Crippen LogP contribution in [0, 0.1) is 5.92 Å². The molecule has 1 aromatic carbocycles. The zero-order valence-corrected chi connectivity index (χ0v) is 14.2. The molecule has 0 atom stereocenters. The summed E-state index contributed by atoms with van der Waals surface area (Å²) in [5.41, 5.74) is 4.58. The van der Waals surface area contributed by atoms with Crippen molar-refractivity contribution < 1.29 is 4.74 Å². The number of hydrogen-bond donors (Lipinski definition) is 1. The summed E-state index contributed by atoms with van der Waals surface area (Å²) in [6.07, 6.45) is 4.71. The molecule has 2 aliphatic rings. The summed E-state index contributed by atoms with van der Waals surface area (Å²) in [5, 5.41) is 3.44. The van der Waals surface area contributed by atoms with E-state index in [0.29, 0.717) is 0 Å². The monoisotopic (exact) mass is 321 g/mol. The summed E-state index contributed by atoms with van der Waals surface area (Å²) in [4.78, 5) is 9.18. The van der Waals surface area contributed by atoms with Crippen molar-refractivity contribution in [3.8, 4) is 5.75 Å². The van der Waals surface area contributed by atoms with Gasteiger partial charge in [-0.3, -0.25) is 4.99 Å². The first-order valence-corrected chi connectivity index (χ1v) is 8.74. The quantitative estimate of drug-likeness (QED) is 0.873. The summed E-state index contributed by atoms with van der Waals surface area (Å²) >= 11 is 0. The summed E-state index contributed by atoms with van der Waals surface area (Å²) in [5.74, 6) is 2.67. The smallest absolute Gasteiger partial charge is 0.126 e. The van der Waals surface area contributed by atoms with Gasteiger partial charge in [-0.2, -0.15) is 0 Å². The second-order valence-electron chi connectivity index (χ2n) is 6.90. The van der Waals surface area contributed by atoms with Gasteiger partial charge in [-0.05, 0) is 62.4 Å². The topological polar surface area (TPSA) is 46.5 Å². The van der Waals surface area contributed by atoms with Gasteiger partial charge >= 0.3 is 0 Å². The van der Waals surface area contributed by atoms with Crippen LogP contribution in [-0.2, 0) is 6.54 Å². The molecule has 0 saturated heterocycles. The number of nitrogens with zero attached hydrogens (tertiary/aromatic N) is 2. The van der Waals surface area contributed by atoms with Crippen LogP contribution in [0.3, 0.4) is 0 Å².